The van der Waals surface area contributed by atoms with Crippen molar-refractivity contribution < 1.29 is 5.11 Å². The molecule has 1 unspecified atom stereocenters. The summed E-state index contributed by atoms with van der Waals surface area (Å²) in [5, 5.41) is 15.1. The van der Waals surface area contributed by atoms with Gasteiger partial charge in [0.15, 0.2) is 0 Å². The fourth-order valence-corrected chi connectivity index (χ4v) is 2.21. The van der Waals surface area contributed by atoms with Crippen molar-refractivity contribution in [3.63, 3.8) is 0 Å². The number of aliphatic hydroxyl groups excluding tert-OH is 1. The Morgan fingerprint density at radius 3 is 2.94 bits per heavy atom. The quantitative estimate of drug-likeness (QED) is 0.925. The molecular weight excluding hydrogens is 250 g/mol. The maximum absolute atomic E-state index is 10.5. The molecule has 0 saturated heterocycles. The van der Waals surface area contributed by atoms with E-state index in [1.54, 1.807) is 23.1 Å². The van der Waals surface area contributed by atoms with E-state index >= 15 is 0 Å². The second-order valence-corrected chi connectivity index (χ2v) is 4.59. The van der Waals surface area contributed by atoms with Gasteiger partial charge in [0.05, 0.1) is 16.9 Å². The molecule has 0 radical (unpaired) electrons. The Hall–Kier alpha value is -1.39. The molecule has 96 valence electrons. The van der Waals surface area contributed by atoms with Crippen molar-refractivity contribution in [3.8, 4) is 0 Å². The molecule has 5 heteroatoms. The highest BCUT2D eigenvalue weighted by Crippen LogP contribution is 2.29. The van der Waals surface area contributed by atoms with Crippen molar-refractivity contribution in [1.29, 1.82) is 0 Å². The Bertz CT molecular complexity index is 539. The molecule has 0 bridgehead atoms. The number of nitrogens with zero attached hydrogens (tertiary/aromatic N) is 3. The number of aryl methyl sites for hydroxylation is 2. The molecule has 18 heavy (non-hydrogen) atoms. The molecule has 2 rings (SSSR count). The van der Waals surface area contributed by atoms with Crippen molar-refractivity contribution in [2.45, 2.75) is 32.9 Å². The summed E-state index contributed by atoms with van der Waals surface area (Å²) < 4.78 is 1.75. The third-order valence-corrected chi connectivity index (χ3v) is 3.16. The van der Waals surface area contributed by atoms with Crippen LogP contribution in [0.5, 0.6) is 0 Å². The van der Waals surface area contributed by atoms with E-state index in [2.05, 4.69) is 17.0 Å². The predicted octanol–water partition coefficient (Wildman–Crippen LogP) is 2.73. The highest BCUT2D eigenvalue weighted by molar-refractivity contribution is 6.31. The van der Waals surface area contributed by atoms with Crippen LogP contribution >= 0.6 is 11.6 Å². The van der Waals surface area contributed by atoms with Gasteiger partial charge in [0.2, 0.25) is 0 Å². The van der Waals surface area contributed by atoms with E-state index in [0.717, 1.165) is 24.2 Å². The summed E-state index contributed by atoms with van der Waals surface area (Å²) >= 11 is 6.11. The molecule has 0 aliphatic heterocycles. The molecule has 4 nitrogen and oxygen atoms in total. The average molecular weight is 266 g/mol. The van der Waals surface area contributed by atoms with Crippen LogP contribution in [0.2, 0.25) is 5.02 Å². The van der Waals surface area contributed by atoms with Gasteiger partial charge in [-0.3, -0.25) is 9.67 Å². The van der Waals surface area contributed by atoms with E-state index in [1.807, 2.05) is 13.0 Å². The van der Waals surface area contributed by atoms with Gasteiger partial charge in [-0.25, -0.2) is 0 Å². The zero-order chi connectivity index (χ0) is 13.1. The molecule has 1 N–H and O–H groups in total. The Morgan fingerprint density at radius 1 is 1.50 bits per heavy atom. The van der Waals surface area contributed by atoms with E-state index in [4.69, 9.17) is 11.6 Å². The highest BCUT2D eigenvalue weighted by atomic mass is 35.5. The highest BCUT2D eigenvalue weighted by Gasteiger charge is 2.21. The lowest BCUT2D eigenvalue weighted by Gasteiger charge is -2.15. The van der Waals surface area contributed by atoms with Gasteiger partial charge in [-0.05, 0) is 19.4 Å². The van der Waals surface area contributed by atoms with Gasteiger partial charge in [-0.1, -0.05) is 24.6 Å². The van der Waals surface area contributed by atoms with Crippen LogP contribution in [0.4, 0.5) is 0 Å². The third kappa shape index (κ3) is 2.40. The van der Waals surface area contributed by atoms with Crippen LogP contribution in [0.3, 0.4) is 0 Å². The van der Waals surface area contributed by atoms with Crippen molar-refractivity contribution in [3.05, 3.63) is 46.5 Å². The van der Waals surface area contributed by atoms with Gasteiger partial charge in [0, 0.05) is 24.0 Å². The average Bonchev–Trinajstić information content (AvgIpc) is 2.71. The largest absolute Gasteiger partial charge is 0.382 e. The standard InChI is InChI=1S/C13H16ClN3O/c1-3-7-17-12(11(14)8-16-17)13(18)10-5-4-6-15-9(10)2/h4-6,8,13,18H,3,7H2,1-2H3. The molecule has 0 aliphatic rings. The van der Waals surface area contributed by atoms with Crippen molar-refractivity contribution in [2.24, 2.45) is 0 Å². The van der Waals surface area contributed by atoms with Gasteiger partial charge < -0.3 is 5.11 Å². The monoisotopic (exact) mass is 265 g/mol. The smallest absolute Gasteiger partial charge is 0.124 e. The molecule has 1 atom stereocenters. The van der Waals surface area contributed by atoms with E-state index in [-0.39, 0.29) is 0 Å². The van der Waals surface area contributed by atoms with E-state index in [9.17, 15) is 5.11 Å². The van der Waals surface area contributed by atoms with Crippen LogP contribution in [0.15, 0.2) is 24.5 Å². The summed E-state index contributed by atoms with van der Waals surface area (Å²) in [5.74, 6) is 0. The third-order valence-electron chi connectivity index (χ3n) is 2.87. The number of halogens is 1. The minimum absolute atomic E-state index is 0.485. The summed E-state index contributed by atoms with van der Waals surface area (Å²) in [6.07, 6.45) is 3.42. The molecule has 0 amide bonds. The fraction of sp³-hybridized carbons (Fsp3) is 0.385. The first-order valence-electron chi connectivity index (χ1n) is 5.96. The second kappa shape index (κ2) is 5.50. The zero-order valence-corrected chi connectivity index (χ0v) is 11.2. The van der Waals surface area contributed by atoms with Gasteiger partial charge >= 0.3 is 0 Å². The normalized spacial score (nSPS) is 12.7. The molecule has 2 aromatic rings. The number of pyridine rings is 1. The Morgan fingerprint density at radius 2 is 2.28 bits per heavy atom. The maximum Gasteiger partial charge on any atom is 0.124 e. The van der Waals surface area contributed by atoms with E-state index in [0.29, 0.717) is 10.7 Å². The molecule has 0 spiro atoms. The zero-order valence-electron chi connectivity index (χ0n) is 10.5. The Balaban J connectivity index is 2.42. The van der Waals surface area contributed by atoms with Crippen LogP contribution in [0.25, 0.3) is 0 Å². The van der Waals surface area contributed by atoms with Crippen molar-refractivity contribution >= 4 is 11.6 Å². The van der Waals surface area contributed by atoms with Crippen LogP contribution in [-0.4, -0.2) is 19.9 Å². The van der Waals surface area contributed by atoms with Gasteiger partial charge in [0.25, 0.3) is 0 Å². The number of hydrogen-bond acceptors (Lipinski definition) is 3. The molecule has 2 aromatic heterocycles. The fourth-order valence-electron chi connectivity index (χ4n) is 1.97. The van der Waals surface area contributed by atoms with E-state index < -0.39 is 6.10 Å². The lowest BCUT2D eigenvalue weighted by Crippen LogP contribution is -2.12. The van der Waals surface area contributed by atoms with Crippen LogP contribution in [-0.2, 0) is 6.54 Å². The summed E-state index contributed by atoms with van der Waals surface area (Å²) in [7, 11) is 0. The van der Waals surface area contributed by atoms with Crippen LogP contribution in [0, 0.1) is 6.92 Å². The Labute approximate surface area is 111 Å². The summed E-state index contributed by atoms with van der Waals surface area (Å²) in [5.41, 5.74) is 2.19. The molecule has 0 fully saturated rings. The van der Waals surface area contributed by atoms with Crippen molar-refractivity contribution in [1.82, 2.24) is 14.8 Å². The van der Waals surface area contributed by atoms with Crippen molar-refractivity contribution in [2.75, 3.05) is 0 Å². The number of aromatic nitrogens is 3. The first-order valence-corrected chi connectivity index (χ1v) is 6.33. The number of hydrogen-bond donors (Lipinski definition) is 1. The lowest BCUT2D eigenvalue weighted by molar-refractivity contribution is 0.206. The minimum atomic E-state index is -0.791. The first-order chi connectivity index (χ1) is 8.65. The summed E-state index contributed by atoms with van der Waals surface area (Å²) in [4.78, 5) is 4.18. The summed E-state index contributed by atoms with van der Waals surface area (Å²) in [6, 6.07) is 3.66. The van der Waals surface area contributed by atoms with E-state index in [1.165, 1.54) is 0 Å². The van der Waals surface area contributed by atoms with Crippen LogP contribution in [0.1, 0.15) is 36.4 Å². The lowest BCUT2D eigenvalue weighted by atomic mass is 10.1. The minimum Gasteiger partial charge on any atom is -0.382 e. The molecular formula is C13H16ClN3O. The van der Waals surface area contributed by atoms with Gasteiger partial charge in [0.1, 0.15) is 6.10 Å². The predicted molar refractivity (Wildman–Crippen MR) is 70.6 cm³/mol. The van der Waals surface area contributed by atoms with Gasteiger partial charge in [-0.15, -0.1) is 0 Å². The van der Waals surface area contributed by atoms with Gasteiger partial charge in [-0.2, -0.15) is 5.10 Å². The second-order valence-electron chi connectivity index (χ2n) is 4.18. The number of rotatable bonds is 4. The Kier molecular flexibility index (Phi) is 3.99. The summed E-state index contributed by atoms with van der Waals surface area (Å²) in [6.45, 7) is 4.66. The molecule has 2 heterocycles. The van der Waals surface area contributed by atoms with Crippen LogP contribution < -0.4 is 0 Å². The first kappa shape index (κ1) is 13.1. The maximum atomic E-state index is 10.5. The molecule has 0 saturated carbocycles. The topological polar surface area (TPSA) is 50.9 Å². The SMILES string of the molecule is CCCn1ncc(Cl)c1C(O)c1cccnc1C. The number of aliphatic hydroxyl groups is 1. The molecule has 0 aliphatic carbocycles. The molecule has 0 aromatic carbocycles.